The van der Waals surface area contributed by atoms with Gasteiger partial charge in [-0.1, -0.05) is 52.5 Å². The van der Waals surface area contributed by atoms with Crippen LogP contribution in [0.1, 0.15) is 27.4 Å². The number of amides is 1. The van der Waals surface area contributed by atoms with Gasteiger partial charge in [-0.15, -0.1) is 23.2 Å². The Hall–Kier alpha value is -1.66. The summed E-state index contributed by atoms with van der Waals surface area (Å²) < 4.78 is 3.88. The van der Waals surface area contributed by atoms with E-state index in [9.17, 15) is 9.59 Å². The van der Waals surface area contributed by atoms with Crippen molar-refractivity contribution in [3.05, 3.63) is 91.4 Å². The monoisotopic (exact) mass is 589 g/mol. The van der Waals surface area contributed by atoms with Crippen molar-refractivity contribution in [2.45, 2.75) is 16.7 Å². The van der Waals surface area contributed by atoms with E-state index in [0.717, 1.165) is 0 Å². The summed E-state index contributed by atoms with van der Waals surface area (Å²) >= 11 is 37.4. The average Bonchev–Trinajstić information content (AvgIpc) is 3.37. The van der Waals surface area contributed by atoms with Crippen LogP contribution >= 0.6 is 69.6 Å². The minimum Gasteiger partial charge on any atom is -0.495 e. The molecule has 4 nitrogen and oxygen atoms in total. The minimum atomic E-state index is -1.32. The zero-order chi connectivity index (χ0) is 25.5. The maximum Gasteiger partial charge on any atom is 0.231 e. The van der Waals surface area contributed by atoms with Gasteiger partial charge in [0.15, 0.2) is 5.78 Å². The zero-order valence-electron chi connectivity index (χ0n) is 18.1. The number of anilines is 1. The molecule has 1 N–H and O–H groups in total. The molecular weight excluding hydrogens is 575 g/mol. The molecule has 2 unspecified atom stereocenters. The molecule has 1 fully saturated rings. The second-order valence-electron chi connectivity index (χ2n) is 8.09. The number of alkyl halides is 2. The second kappa shape index (κ2) is 10.4. The third-order valence-corrected chi connectivity index (χ3v) is 7.71. The van der Waals surface area contributed by atoms with E-state index in [1.54, 1.807) is 48.5 Å². The second-order valence-corrected chi connectivity index (χ2v) is 11.2. The maximum atomic E-state index is 13.0. The maximum absolute atomic E-state index is 13.0. The molecule has 182 valence electrons. The smallest absolute Gasteiger partial charge is 0.231 e. The summed E-state index contributed by atoms with van der Waals surface area (Å²) in [6.07, 6.45) is 0.0668. The van der Waals surface area contributed by atoms with Crippen LogP contribution in [0.3, 0.4) is 0 Å². The van der Waals surface area contributed by atoms with Gasteiger partial charge in [-0.05, 0) is 59.7 Å². The average molecular weight is 592 g/mol. The van der Waals surface area contributed by atoms with Gasteiger partial charge < -0.3 is 10.1 Å². The first-order chi connectivity index (χ1) is 16.5. The van der Waals surface area contributed by atoms with Crippen molar-refractivity contribution in [1.82, 2.24) is 0 Å². The van der Waals surface area contributed by atoms with Crippen molar-refractivity contribution < 1.29 is 14.3 Å². The van der Waals surface area contributed by atoms with E-state index in [1.165, 1.54) is 13.2 Å². The quantitative estimate of drug-likeness (QED) is 0.222. The molecule has 1 aliphatic rings. The van der Waals surface area contributed by atoms with E-state index in [-0.39, 0.29) is 22.8 Å². The number of carbonyl (C=O) groups is 2. The minimum absolute atomic E-state index is 0.0668. The first-order valence-electron chi connectivity index (χ1n) is 10.3. The Balaban J connectivity index is 1.51. The van der Waals surface area contributed by atoms with E-state index in [1.807, 2.05) is 0 Å². The van der Waals surface area contributed by atoms with Crippen LogP contribution in [0, 0.1) is 5.92 Å². The van der Waals surface area contributed by atoms with Gasteiger partial charge in [-0.3, -0.25) is 9.59 Å². The molecule has 4 rings (SSSR count). The third kappa shape index (κ3) is 5.69. The van der Waals surface area contributed by atoms with Crippen molar-refractivity contribution in [2.75, 3.05) is 12.4 Å². The Kier molecular flexibility index (Phi) is 7.82. The number of halogens is 6. The number of ether oxygens (including phenoxy) is 1. The fourth-order valence-corrected chi connectivity index (χ4v) is 5.74. The summed E-state index contributed by atoms with van der Waals surface area (Å²) in [5.41, 5.74) is 2.01. The third-order valence-electron chi connectivity index (χ3n) is 5.69. The van der Waals surface area contributed by atoms with Gasteiger partial charge in [0, 0.05) is 33.6 Å². The Morgan fingerprint density at radius 2 is 1.57 bits per heavy atom. The molecular formula is C25H17Cl6NO3. The number of ketones is 1. The molecule has 0 aromatic heterocycles. The number of rotatable bonds is 7. The zero-order valence-corrected chi connectivity index (χ0v) is 22.6. The van der Waals surface area contributed by atoms with Gasteiger partial charge in [0.25, 0.3) is 0 Å². The highest BCUT2D eigenvalue weighted by Gasteiger charge is 2.67. The van der Waals surface area contributed by atoms with Crippen LogP contribution < -0.4 is 10.1 Å². The van der Waals surface area contributed by atoms with Crippen LogP contribution in [-0.2, 0) is 11.2 Å². The van der Waals surface area contributed by atoms with Crippen molar-refractivity contribution in [3.63, 3.8) is 0 Å². The fraction of sp³-hybridized carbons (Fsp3) is 0.200. The molecule has 3 aromatic carbocycles. The van der Waals surface area contributed by atoms with Crippen molar-refractivity contribution in [2.24, 2.45) is 5.92 Å². The van der Waals surface area contributed by atoms with Gasteiger partial charge in [0.2, 0.25) is 5.91 Å². The Labute approximate surface area is 232 Å². The van der Waals surface area contributed by atoms with Gasteiger partial charge in [0.05, 0.1) is 23.1 Å². The number of benzene rings is 3. The molecule has 0 saturated heterocycles. The highest BCUT2D eigenvalue weighted by atomic mass is 35.5. The lowest BCUT2D eigenvalue weighted by Crippen LogP contribution is -2.17. The van der Waals surface area contributed by atoms with E-state index in [0.29, 0.717) is 37.6 Å². The summed E-state index contributed by atoms with van der Waals surface area (Å²) in [7, 11) is 1.50. The number of carbonyl (C=O) groups excluding carboxylic acids is 2. The van der Waals surface area contributed by atoms with Crippen LogP contribution in [0.5, 0.6) is 5.75 Å². The first-order valence-corrected chi connectivity index (χ1v) is 12.6. The summed E-state index contributed by atoms with van der Waals surface area (Å²) in [5, 5.41) is 4.32. The predicted molar refractivity (Wildman–Crippen MR) is 143 cm³/mol. The van der Waals surface area contributed by atoms with Crippen LogP contribution in [0.4, 0.5) is 5.69 Å². The van der Waals surface area contributed by atoms with Gasteiger partial charge in [-0.25, -0.2) is 0 Å². The highest BCUT2D eigenvalue weighted by Crippen LogP contribution is 2.65. The van der Waals surface area contributed by atoms with Gasteiger partial charge >= 0.3 is 0 Å². The molecule has 1 saturated carbocycles. The molecule has 0 spiro atoms. The largest absolute Gasteiger partial charge is 0.495 e. The van der Waals surface area contributed by atoms with Gasteiger partial charge in [-0.2, -0.15) is 0 Å². The van der Waals surface area contributed by atoms with E-state index in [2.05, 4.69) is 5.32 Å². The number of methoxy groups -OCH3 is 1. The molecule has 0 radical (unpaired) electrons. The van der Waals surface area contributed by atoms with Crippen LogP contribution in [0.2, 0.25) is 20.1 Å². The van der Waals surface area contributed by atoms with E-state index < -0.39 is 22.1 Å². The molecule has 0 aliphatic heterocycles. The van der Waals surface area contributed by atoms with E-state index in [4.69, 9.17) is 74.3 Å². The number of Topliss-reactive ketones (excluding diaryl/α,β-unsaturated/α-hetero) is 1. The Morgan fingerprint density at radius 1 is 0.914 bits per heavy atom. The molecule has 0 heterocycles. The summed E-state index contributed by atoms with van der Waals surface area (Å²) in [6.45, 7) is 0. The standard InChI is InChI=1S/C25H17Cl6NO3/c1-35-21-7-12(2-4-19(21)29)6-20(33)17-11-16(3-5-18(17)28)32-24(34)23-22(25(23,30)31)13-8-14(26)10-15(27)9-13/h2-5,7-11,22-23H,6H2,1H3,(H,32,34). The Bertz CT molecular complexity index is 1310. The summed E-state index contributed by atoms with van der Waals surface area (Å²) in [4.78, 5) is 26.0. The molecule has 0 bridgehead atoms. The van der Waals surface area contributed by atoms with Crippen molar-refractivity contribution in [3.8, 4) is 5.75 Å². The van der Waals surface area contributed by atoms with Crippen LogP contribution in [0.25, 0.3) is 0 Å². The Morgan fingerprint density at radius 3 is 2.23 bits per heavy atom. The highest BCUT2D eigenvalue weighted by molar-refractivity contribution is 6.53. The fourth-order valence-electron chi connectivity index (χ4n) is 3.95. The molecule has 1 aliphatic carbocycles. The first kappa shape index (κ1) is 26.4. The topological polar surface area (TPSA) is 55.4 Å². The van der Waals surface area contributed by atoms with Crippen molar-refractivity contribution in [1.29, 1.82) is 0 Å². The molecule has 3 aromatic rings. The lowest BCUT2D eigenvalue weighted by atomic mass is 10.0. The van der Waals surface area contributed by atoms with Crippen LogP contribution in [-0.4, -0.2) is 23.1 Å². The predicted octanol–water partition coefficient (Wildman–Crippen LogP) is 8.26. The molecule has 2 atom stereocenters. The lowest BCUT2D eigenvalue weighted by Gasteiger charge is -2.10. The van der Waals surface area contributed by atoms with Crippen molar-refractivity contribution >= 4 is 87.0 Å². The lowest BCUT2D eigenvalue weighted by molar-refractivity contribution is -0.117. The molecule has 10 heteroatoms. The van der Waals surface area contributed by atoms with Crippen LogP contribution in [0.15, 0.2) is 54.6 Å². The molecule has 1 amide bonds. The van der Waals surface area contributed by atoms with Gasteiger partial charge in [0.1, 0.15) is 10.1 Å². The molecule has 35 heavy (non-hydrogen) atoms. The number of nitrogens with one attached hydrogen (secondary N) is 1. The summed E-state index contributed by atoms with van der Waals surface area (Å²) in [5.74, 6) is -1.40. The SMILES string of the molecule is COc1cc(CC(=O)c2cc(NC(=O)C3C(c4cc(Cl)cc(Cl)c4)C3(Cl)Cl)ccc2Cl)ccc1Cl. The summed E-state index contributed by atoms with van der Waals surface area (Å²) in [6, 6.07) is 14.7. The number of hydrogen-bond donors (Lipinski definition) is 1. The normalized spacial score (nSPS) is 18.1. The van der Waals surface area contributed by atoms with E-state index >= 15 is 0 Å². The number of hydrogen-bond acceptors (Lipinski definition) is 3.